The van der Waals surface area contributed by atoms with Gasteiger partial charge in [0.2, 0.25) is 0 Å². The van der Waals surface area contributed by atoms with Gasteiger partial charge in [-0.15, -0.1) is 0 Å². The van der Waals surface area contributed by atoms with E-state index in [1.165, 1.54) is 6.42 Å². The van der Waals surface area contributed by atoms with Crippen LogP contribution in [0.2, 0.25) is 0 Å². The number of ether oxygens (including phenoxy) is 1. The molecule has 0 aliphatic rings. The first-order valence-corrected chi connectivity index (χ1v) is 3.86. The maximum absolute atomic E-state index is 5.04. The first-order chi connectivity index (χ1) is 4.62. The number of hydrogen-bond acceptors (Lipinski definition) is 2. The van der Waals surface area contributed by atoms with Crippen molar-refractivity contribution in [2.24, 2.45) is 0 Å². The molecule has 0 amide bonds. The van der Waals surface area contributed by atoms with E-state index in [2.05, 4.69) is 26.1 Å². The van der Waals surface area contributed by atoms with Gasteiger partial charge in [-0.2, -0.15) is 0 Å². The monoisotopic (exact) mass is 147 g/mol. The molecule has 0 aromatic rings. The molecule has 0 rings (SSSR count). The molecule has 0 bridgehead atoms. The highest BCUT2D eigenvalue weighted by atomic mass is 16.5. The molecule has 2 nitrogen and oxygen atoms in total. The first-order valence-electron chi connectivity index (χ1n) is 3.86. The molecule has 0 atom stereocenters. The second kappa shape index (κ2) is 4.69. The lowest BCUT2D eigenvalue weighted by atomic mass is 10.1. The minimum Gasteiger partial charge on any atom is -0.383 e. The summed E-state index contributed by atoms with van der Waals surface area (Å²) >= 11 is 0. The molecule has 0 fully saturated rings. The van der Waals surface area contributed by atoms with Gasteiger partial charge in [0.15, 0.2) is 0 Å². The maximum Gasteiger partial charge on any atom is 0.0639 e. The summed E-state index contributed by atoms with van der Waals surface area (Å²) in [7, 11) is 1.73. The normalized spacial score (nSPS) is 12.0. The fraction of sp³-hybridized carbons (Fsp3) is 1.00. The Balaban J connectivity index is 0. The number of nitrogens with one attached hydrogen (secondary N) is 1. The fourth-order valence-electron chi connectivity index (χ4n) is 0.875. The van der Waals surface area contributed by atoms with E-state index in [9.17, 15) is 0 Å². The van der Waals surface area contributed by atoms with E-state index in [0.29, 0.717) is 0 Å². The highest BCUT2D eigenvalue weighted by Crippen LogP contribution is 2.00. The summed E-state index contributed by atoms with van der Waals surface area (Å²) < 4.78 is 5.04. The van der Waals surface area contributed by atoms with E-state index < -0.39 is 0 Å². The quantitative estimate of drug-likeness (QED) is 0.638. The topological polar surface area (TPSA) is 21.3 Å². The zero-order valence-electron chi connectivity index (χ0n) is 7.53. The van der Waals surface area contributed by atoms with Crippen molar-refractivity contribution >= 4 is 0 Å². The predicted molar refractivity (Wildman–Crippen MR) is 46.4 cm³/mol. The van der Waals surface area contributed by atoms with Gasteiger partial charge < -0.3 is 10.1 Å². The summed E-state index contributed by atoms with van der Waals surface area (Å²) in [6.07, 6.45) is 1.17. The predicted octanol–water partition coefficient (Wildman–Crippen LogP) is 1.66. The molecule has 0 heterocycles. The Morgan fingerprint density at radius 2 is 2.10 bits per heavy atom. The van der Waals surface area contributed by atoms with Gasteiger partial charge in [0, 0.05) is 14.1 Å². The van der Waals surface area contributed by atoms with Crippen LogP contribution >= 0.6 is 0 Å². The van der Waals surface area contributed by atoms with Crippen molar-refractivity contribution < 1.29 is 6.16 Å². The van der Waals surface area contributed by atoms with Gasteiger partial charge >= 0.3 is 0 Å². The van der Waals surface area contributed by atoms with E-state index in [-0.39, 0.29) is 6.97 Å². The van der Waals surface area contributed by atoms with E-state index in [1.807, 2.05) is 0 Å². The molecule has 0 unspecified atom stereocenters. The summed E-state index contributed by atoms with van der Waals surface area (Å²) in [6, 6.07) is 0. The molecule has 0 aromatic heterocycles. The van der Waals surface area contributed by atoms with Crippen molar-refractivity contribution in [3.05, 3.63) is 0 Å². The molecule has 0 aromatic carbocycles. The molecular weight excluding hydrogens is 126 g/mol. The average molecular weight is 147 g/mol. The van der Waals surface area contributed by atoms with Crippen LogP contribution in [0.25, 0.3) is 0 Å². The third-order valence-corrected chi connectivity index (χ3v) is 1.36. The lowest BCUT2D eigenvalue weighted by molar-refractivity contribution is 0.129. The molecular formula is C8H21NO. The fourth-order valence-corrected chi connectivity index (χ4v) is 0.875. The number of hydrogen-bond donors (Lipinski definition) is 1. The van der Waals surface area contributed by atoms with Gasteiger partial charge in [-0.25, -0.2) is 0 Å². The lowest BCUT2D eigenvalue weighted by Gasteiger charge is -2.24. The largest absolute Gasteiger partial charge is 0.383 e. The van der Waals surface area contributed by atoms with Gasteiger partial charge in [-0.1, -0.05) is 6.92 Å². The average Bonchev–Trinajstić information content (AvgIpc) is 1.84. The zero-order chi connectivity index (χ0) is 8.04. The van der Waals surface area contributed by atoms with Crippen LogP contribution in [0.3, 0.4) is 0 Å². The van der Waals surface area contributed by atoms with Crippen molar-refractivity contribution in [2.45, 2.75) is 32.7 Å². The summed E-state index contributed by atoms with van der Waals surface area (Å²) in [5.74, 6) is 0. The third-order valence-electron chi connectivity index (χ3n) is 1.36. The van der Waals surface area contributed by atoms with Crippen LogP contribution in [0.5, 0.6) is 0 Å². The maximum atomic E-state index is 5.04. The Morgan fingerprint density at radius 3 is 2.50 bits per heavy atom. The van der Waals surface area contributed by atoms with Crippen LogP contribution < -0.4 is 5.32 Å². The Morgan fingerprint density at radius 1 is 1.50 bits per heavy atom. The minimum atomic E-state index is 0. The first kappa shape index (κ1) is 9.92. The molecule has 0 saturated heterocycles. The molecule has 2 heteroatoms. The summed E-state index contributed by atoms with van der Waals surface area (Å²) in [5.41, 5.74) is 0.130. The van der Waals surface area contributed by atoms with Crippen LogP contribution in [0.1, 0.15) is 28.6 Å². The van der Waals surface area contributed by atoms with Crippen molar-refractivity contribution in [2.75, 3.05) is 20.3 Å². The van der Waals surface area contributed by atoms with Gasteiger partial charge in [0.1, 0.15) is 0 Å². The van der Waals surface area contributed by atoms with E-state index in [4.69, 9.17) is 4.74 Å². The van der Waals surface area contributed by atoms with E-state index in [0.717, 1.165) is 13.2 Å². The highest BCUT2D eigenvalue weighted by molar-refractivity contribution is 4.75. The second-order valence-corrected chi connectivity index (χ2v) is 3.24. The van der Waals surface area contributed by atoms with Crippen molar-refractivity contribution in [1.82, 2.24) is 5.32 Å². The lowest BCUT2D eigenvalue weighted by Crippen LogP contribution is -2.43. The van der Waals surface area contributed by atoms with E-state index in [1.54, 1.807) is 7.11 Å². The Bertz CT molecular complexity index is 86.2. The second-order valence-electron chi connectivity index (χ2n) is 3.24. The van der Waals surface area contributed by atoms with Crippen molar-refractivity contribution in [3.63, 3.8) is 0 Å². The van der Waals surface area contributed by atoms with Gasteiger partial charge in [-0.3, -0.25) is 0 Å². The van der Waals surface area contributed by atoms with Crippen molar-refractivity contribution in [1.29, 1.82) is 0 Å². The molecule has 64 valence electrons. The molecule has 10 heavy (non-hydrogen) atoms. The third kappa shape index (κ3) is 4.77. The SMILES string of the molecule is CCCNC(C)(C)COC.[HH]. The van der Waals surface area contributed by atoms with Crippen molar-refractivity contribution in [3.8, 4) is 0 Å². The number of methoxy groups -OCH3 is 1. The Labute approximate surface area is 65.4 Å². The number of rotatable bonds is 5. The molecule has 0 aliphatic carbocycles. The highest BCUT2D eigenvalue weighted by Gasteiger charge is 2.14. The summed E-state index contributed by atoms with van der Waals surface area (Å²) in [6.45, 7) is 8.29. The molecule has 0 saturated carbocycles. The van der Waals surface area contributed by atoms with Gasteiger partial charge in [0.05, 0.1) is 6.61 Å². The minimum absolute atomic E-state index is 0. The standard InChI is InChI=1S/C8H19NO.H2/c1-5-6-9-8(2,3)7-10-4;/h9H,5-7H2,1-4H3;1H. The van der Waals surface area contributed by atoms with Crippen LogP contribution in [0, 0.1) is 0 Å². The Hall–Kier alpha value is -0.0800. The van der Waals surface area contributed by atoms with Crippen LogP contribution in [-0.2, 0) is 4.74 Å². The molecule has 0 radical (unpaired) electrons. The Kier molecular flexibility index (Phi) is 4.65. The zero-order valence-corrected chi connectivity index (χ0v) is 7.53. The van der Waals surface area contributed by atoms with Gasteiger partial charge in [0.25, 0.3) is 0 Å². The smallest absolute Gasteiger partial charge is 0.0639 e. The molecule has 1 N–H and O–H groups in total. The van der Waals surface area contributed by atoms with Gasteiger partial charge in [-0.05, 0) is 26.8 Å². The van der Waals surface area contributed by atoms with Crippen LogP contribution in [0.4, 0.5) is 0 Å². The van der Waals surface area contributed by atoms with Crippen LogP contribution in [-0.4, -0.2) is 25.8 Å². The summed E-state index contributed by atoms with van der Waals surface area (Å²) in [4.78, 5) is 0. The molecule has 0 spiro atoms. The van der Waals surface area contributed by atoms with Crippen LogP contribution in [0.15, 0.2) is 0 Å². The molecule has 0 aliphatic heterocycles. The van der Waals surface area contributed by atoms with E-state index >= 15 is 0 Å². The summed E-state index contributed by atoms with van der Waals surface area (Å²) in [5, 5.41) is 3.38.